The van der Waals surface area contributed by atoms with Crippen LogP contribution in [0, 0.1) is 0 Å². The van der Waals surface area contributed by atoms with Crippen molar-refractivity contribution < 1.29 is 14.4 Å². The van der Waals surface area contributed by atoms with E-state index in [0.717, 1.165) is 11.3 Å². The van der Waals surface area contributed by atoms with Crippen LogP contribution in [0.5, 0.6) is 0 Å². The van der Waals surface area contributed by atoms with E-state index in [4.69, 9.17) is 15.5 Å². The van der Waals surface area contributed by atoms with Gasteiger partial charge in [0.2, 0.25) is 0 Å². The van der Waals surface area contributed by atoms with Gasteiger partial charge in [0.25, 0.3) is 0 Å². The topological polar surface area (TPSA) is 83.6 Å². The van der Waals surface area contributed by atoms with Gasteiger partial charge in [0, 0.05) is 10.6 Å². The van der Waals surface area contributed by atoms with E-state index < -0.39 is 7.60 Å². The van der Waals surface area contributed by atoms with Gasteiger partial charge in [-0.25, -0.2) is 0 Å². The summed E-state index contributed by atoms with van der Waals surface area (Å²) in [6.07, 6.45) is 0.773. The summed E-state index contributed by atoms with van der Waals surface area (Å²) in [6, 6.07) is 7.89. The molecule has 0 radical (unpaired) electrons. The summed E-state index contributed by atoms with van der Waals surface area (Å²) in [6.45, 7) is 0.630. The first-order valence-electron chi connectivity index (χ1n) is 4.97. The van der Waals surface area contributed by atoms with Gasteiger partial charge >= 0.3 is 7.60 Å². The molecule has 1 rings (SSSR count). The number of hydrogen-bond donors (Lipinski definition) is 3. The van der Waals surface area contributed by atoms with Crippen LogP contribution < -0.4 is 5.73 Å². The van der Waals surface area contributed by atoms with Crippen LogP contribution in [0.25, 0.3) is 0 Å². The van der Waals surface area contributed by atoms with Gasteiger partial charge in [-0.3, -0.25) is 4.57 Å². The summed E-state index contributed by atoms with van der Waals surface area (Å²) in [5.74, 6) is 0.431. The van der Waals surface area contributed by atoms with Crippen molar-refractivity contribution in [2.75, 3.05) is 18.5 Å². The van der Waals surface area contributed by atoms with Crippen molar-refractivity contribution in [3.8, 4) is 0 Å². The van der Waals surface area contributed by atoms with Crippen LogP contribution in [0.3, 0.4) is 0 Å². The second-order valence-electron chi connectivity index (χ2n) is 3.42. The lowest BCUT2D eigenvalue weighted by atomic mass is 10.2. The first-order valence-corrected chi connectivity index (χ1v) is 7.76. The fourth-order valence-corrected chi connectivity index (χ4v) is 3.08. The highest BCUT2D eigenvalue weighted by molar-refractivity contribution is 7.99. The Morgan fingerprint density at radius 2 is 1.88 bits per heavy atom. The van der Waals surface area contributed by atoms with Crippen molar-refractivity contribution in [1.82, 2.24) is 0 Å². The first kappa shape index (κ1) is 13.7. The van der Waals surface area contributed by atoms with Crippen LogP contribution in [-0.4, -0.2) is 28.2 Å². The van der Waals surface area contributed by atoms with Gasteiger partial charge in [-0.2, -0.15) is 0 Å². The van der Waals surface area contributed by atoms with Gasteiger partial charge in [-0.1, -0.05) is 12.1 Å². The molecular weight excluding hydrogens is 245 g/mol. The molecule has 0 aliphatic carbocycles. The SMILES string of the molecule is NCCc1ccc(SCCP(=O)(O)O)cc1. The molecule has 1 aromatic carbocycles. The van der Waals surface area contributed by atoms with Crippen LogP contribution >= 0.6 is 19.4 Å². The van der Waals surface area contributed by atoms with Crippen molar-refractivity contribution in [1.29, 1.82) is 0 Å². The Morgan fingerprint density at radius 1 is 1.25 bits per heavy atom. The lowest BCUT2D eigenvalue weighted by Crippen LogP contribution is -2.02. The zero-order valence-electron chi connectivity index (χ0n) is 8.87. The van der Waals surface area contributed by atoms with E-state index in [1.807, 2.05) is 24.3 Å². The molecule has 0 spiro atoms. The van der Waals surface area contributed by atoms with Crippen LogP contribution in [0.4, 0.5) is 0 Å². The molecule has 4 nitrogen and oxygen atoms in total. The molecule has 6 heteroatoms. The zero-order chi connectivity index (χ0) is 12.0. The molecule has 0 saturated heterocycles. The predicted molar refractivity (Wildman–Crippen MR) is 66.8 cm³/mol. The van der Waals surface area contributed by atoms with E-state index in [9.17, 15) is 4.57 Å². The molecule has 0 aliphatic heterocycles. The Morgan fingerprint density at radius 3 is 2.38 bits per heavy atom. The average molecular weight is 261 g/mol. The third-order valence-corrected chi connectivity index (χ3v) is 4.13. The van der Waals surface area contributed by atoms with E-state index in [1.165, 1.54) is 17.3 Å². The van der Waals surface area contributed by atoms with Crippen LogP contribution in [0.1, 0.15) is 5.56 Å². The van der Waals surface area contributed by atoms with E-state index in [1.54, 1.807) is 0 Å². The molecule has 0 saturated carbocycles. The number of benzene rings is 1. The fourth-order valence-electron chi connectivity index (χ4n) is 1.20. The van der Waals surface area contributed by atoms with Crippen LogP contribution in [0.15, 0.2) is 29.2 Å². The standard InChI is InChI=1S/C10H16NO3PS/c11-6-5-9-1-3-10(4-2-9)16-8-7-15(12,13)14/h1-4H,5-8,11H2,(H2,12,13,14). The minimum absolute atomic E-state index is 0.0811. The van der Waals surface area contributed by atoms with Crippen molar-refractivity contribution in [2.24, 2.45) is 5.73 Å². The van der Waals surface area contributed by atoms with E-state index in [2.05, 4.69) is 0 Å². The minimum Gasteiger partial charge on any atom is -0.330 e. The molecule has 0 atom stereocenters. The average Bonchev–Trinajstić information content (AvgIpc) is 2.19. The lowest BCUT2D eigenvalue weighted by Gasteiger charge is -2.04. The second kappa shape index (κ2) is 6.42. The van der Waals surface area contributed by atoms with Crippen LogP contribution in [-0.2, 0) is 11.0 Å². The number of nitrogens with two attached hydrogens (primary N) is 1. The molecule has 4 N–H and O–H groups in total. The predicted octanol–water partition coefficient (Wildman–Crippen LogP) is 1.46. The van der Waals surface area contributed by atoms with Crippen LogP contribution in [0.2, 0.25) is 0 Å². The molecule has 16 heavy (non-hydrogen) atoms. The number of hydrogen-bond acceptors (Lipinski definition) is 3. The Kier molecular flexibility index (Phi) is 5.52. The molecule has 90 valence electrons. The highest BCUT2D eigenvalue weighted by Gasteiger charge is 2.11. The number of thioether (sulfide) groups is 1. The Bertz CT molecular complexity index is 363. The van der Waals surface area contributed by atoms with Gasteiger partial charge in [0.05, 0.1) is 6.16 Å². The first-order chi connectivity index (χ1) is 7.51. The zero-order valence-corrected chi connectivity index (χ0v) is 10.6. The van der Waals surface area contributed by atoms with Crippen molar-refractivity contribution in [3.63, 3.8) is 0 Å². The molecule has 0 aromatic heterocycles. The molecule has 0 amide bonds. The summed E-state index contributed by atoms with van der Waals surface area (Å²) in [4.78, 5) is 18.4. The second-order valence-corrected chi connectivity index (χ2v) is 6.36. The Hall–Kier alpha value is -0.320. The molecule has 0 unspecified atom stereocenters. The smallest absolute Gasteiger partial charge is 0.326 e. The van der Waals surface area contributed by atoms with Crippen molar-refractivity contribution >= 4 is 19.4 Å². The monoisotopic (exact) mass is 261 g/mol. The van der Waals surface area contributed by atoms with Crippen molar-refractivity contribution in [3.05, 3.63) is 29.8 Å². The van der Waals surface area contributed by atoms with E-state index in [0.29, 0.717) is 12.3 Å². The third kappa shape index (κ3) is 5.68. The highest BCUT2D eigenvalue weighted by atomic mass is 32.2. The maximum atomic E-state index is 10.6. The molecule has 0 aliphatic rings. The van der Waals surface area contributed by atoms with Gasteiger partial charge in [-0.05, 0) is 30.7 Å². The Labute approximate surface area is 99.4 Å². The summed E-state index contributed by atoms with van der Waals surface area (Å²) in [5, 5.41) is 0. The molecule has 1 aromatic rings. The molecular formula is C10H16NO3PS. The lowest BCUT2D eigenvalue weighted by molar-refractivity contribution is 0.375. The van der Waals surface area contributed by atoms with E-state index >= 15 is 0 Å². The number of rotatable bonds is 6. The van der Waals surface area contributed by atoms with E-state index in [-0.39, 0.29) is 6.16 Å². The van der Waals surface area contributed by atoms with Crippen molar-refractivity contribution in [2.45, 2.75) is 11.3 Å². The highest BCUT2D eigenvalue weighted by Crippen LogP contribution is 2.35. The van der Waals surface area contributed by atoms with Gasteiger partial charge in [0.1, 0.15) is 0 Å². The van der Waals surface area contributed by atoms with Gasteiger partial charge in [0.15, 0.2) is 0 Å². The summed E-state index contributed by atoms with van der Waals surface area (Å²) < 4.78 is 10.6. The maximum absolute atomic E-state index is 10.6. The Balaban J connectivity index is 2.40. The quantitative estimate of drug-likeness (QED) is 0.533. The summed E-state index contributed by atoms with van der Waals surface area (Å²) in [7, 11) is -3.86. The van der Waals surface area contributed by atoms with Gasteiger partial charge in [-0.15, -0.1) is 11.8 Å². The minimum atomic E-state index is -3.86. The largest absolute Gasteiger partial charge is 0.330 e. The van der Waals surface area contributed by atoms with Gasteiger partial charge < -0.3 is 15.5 Å². The fraction of sp³-hybridized carbons (Fsp3) is 0.400. The molecule has 0 heterocycles. The third-order valence-electron chi connectivity index (χ3n) is 2.01. The molecule has 0 bridgehead atoms. The summed E-state index contributed by atoms with van der Waals surface area (Å²) in [5.41, 5.74) is 6.62. The summed E-state index contributed by atoms with van der Waals surface area (Å²) >= 11 is 1.45. The molecule has 0 fully saturated rings. The maximum Gasteiger partial charge on any atom is 0.326 e. The normalized spacial score (nSPS) is 11.7.